The van der Waals surface area contributed by atoms with E-state index in [1.165, 1.54) is 13.0 Å². The van der Waals surface area contributed by atoms with Gasteiger partial charge in [0.15, 0.2) is 0 Å². The van der Waals surface area contributed by atoms with Crippen molar-refractivity contribution >= 4 is 39.9 Å². The highest BCUT2D eigenvalue weighted by Crippen LogP contribution is 2.30. The van der Waals surface area contributed by atoms with Gasteiger partial charge in [0.05, 0.1) is 17.3 Å². The molecule has 0 unspecified atom stereocenters. The van der Waals surface area contributed by atoms with Crippen molar-refractivity contribution in [2.75, 3.05) is 26.1 Å². The maximum Gasteiger partial charge on any atom is 0.293 e. The van der Waals surface area contributed by atoms with Crippen LogP contribution >= 0.6 is 11.3 Å². The summed E-state index contributed by atoms with van der Waals surface area (Å²) in [6, 6.07) is 6.56. The Balaban J connectivity index is 1.95. The molecule has 10 nitrogen and oxygen atoms in total. The van der Waals surface area contributed by atoms with Gasteiger partial charge in [0.1, 0.15) is 10.6 Å². The number of carbonyl (C=O) groups is 3. The Bertz CT molecular complexity index is 1030. The molecule has 1 aliphatic rings. The topological polar surface area (TPSA) is 127 Å². The fourth-order valence-corrected chi connectivity index (χ4v) is 3.83. The van der Waals surface area contributed by atoms with E-state index in [0.717, 1.165) is 16.3 Å². The van der Waals surface area contributed by atoms with Crippen molar-refractivity contribution in [1.82, 2.24) is 20.3 Å². The number of phenolic OH excluding ortho intramolecular Hbond substituents is 1. The molecule has 3 rings (SSSR count). The minimum atomic E-state index is -0.706. The Labute approximate surface area is 177 Å². The van der Waals surface area contributed by atoms with Crippen LogP contribution in [-0.4, -0.2) is 64.1 Å². The molecule has 11 heteroatoms. The smallest absolute Gasteiger partial charge is 0.293 e. The third-order valence-electron chi connectivity index (χ3n) is 4.30. The second-order valence-electron chi connectivity index (χ2n) is 7.01. The number of carbonyl (C=O) groups excluding carboxylic acids is 3. The molecule has 158 valence electrons. The number of aromatic nitrogens is 1. The summed E-state index contributed by atoms with van der Waals surface area (Å²) in [4.78, 5) is 43.5. The number of nitrogens with zero attached hydrogens (tertiary/aromatic N) is 4. The van der Waals surface area contributed by atoms with Gasteiger partial charge >= 0.3 is 0 Å². The normalized spacial score (nSPS) is 16.0. The van der Waals surface area contributed by atoms with Crippen molar-refractivity contribution in [3.63, 3.8) is 0 Å². The van der Waals surface area contributed by atoms with Crippen molar-refractivity contribution in [2.24, 2.45) is 11.0 Å². The zero-order valence-corrected chi connectivity index (χ0v) is 17.8. The average Bonchev–Trinajstić information content (AvgIpc) is 3.20. The highest BCUT2D eigenvalue weighted by atomic mass is 32.1. The van der Waals surface area contributed by atoms with Crippen LogP contribution < -0.4 is 10.9 Å². The number of hydrogen-bond acceptors (Lipinski definition) is 9. The Kier molecular flexibility index (Phi) is 6.13. The van der Waals surface area contributed by atoms with Gasteiger partial charge in [-0.2, -0.15) is 10.1 Å². The lowest BCUT2D eigenvalue weighted by Gasteiger charge is -2.17. The number of hydrazine groups is 1. The van der Waals surface area contributed by atoms with Crippen LogP contribution in [0.4, 0.5) is 5.13 Å². The van der Waals surface area contributed by atoms with Gasteiger partial charge in [-0.05, 0) is 33.2 Å². The first-order valence-corrected chi connectivity index (χ1v) is 9.90. The number of para-hydroxylation sites is 1. The molecule has 2 heterocycles. The molecule has 1 aromatic carbocycles. The molecule has 0 saturated heterocycles. The maximum absolute atomic E-state index is 13.1. The van der Waals surface area contributed by atoms with E-state index in [9.17, 15) is 19.5 Å². The summed E-state index contributed by atoms with van der Waals surface area (Å²) in [6.07, 6.45) is 0. The zero-order chi connectivity index (χ0) is 22.0. The quantitative estimate of drug-likeness (QED) is 0.464. The van der Waals surface area contributed by atoms with E-state index in [1.54, 1.807) is 25.1 Å². The minimum Gasteiger partial charge on any atom is -0.507 e. The SMILES string of the molecule is CC(=O)NNc1nc(C)c(C(=O)N2N=C(c3ccccc3O)[C@H](CN(C)C)C2=O)s1. The third-order valence-corrected chi connectivity index (χ3v) is 5.36. The van der Waals surface area contributed by atoms with Gasteiger partial charge < -0.3 is 10.0 Å². The second kappa shape index (κ2) is 8.59. The molecule has 30 heavy (non-hydrogen) atoms. The molecule has 1 aromatic heterocycles. The highest BCUT2D eigenvalue weighted by molar-refractivity contribution is 7.17. The highest BCUT2D eigenvalue weighted by Gasteiger charge is 2.42. The molecule has 0 spiro atoms. The number of anilines is 1. The van der Waals surface area contributed by atoms with E-state index in [4.69, 9.17) is 0 Å². The van der Waals surface area contributed by atoms with Crippen molar-refractivity contribution in [1.29, 1.82) is 0 Å². The third kappa shape index (κ3) is 4.31. The largest absolute Gasteiger partial charge is 0.507 e. The summed E-state index contributed by atoms with van der Waals surface area (Å²) in [7, 11) is 3.63. The van der Waals surface area contributed by atoms with Gasteiger partial charge in [0.2, 0.25) is 11.0 Å². The first-order chi connectivity index (χ1) is 14.2. The predicted octanol–water partition coefficient (Wildman–Crippen LogP) is 1.18. The van der Waals surface area contributed by atoms with E-state index in [2.05, 4.69) is 20.9 Å². The molecule has 1 atom stereocenters. The van der Waals surface area contributed by atoms with E-state index in [-0.39, 0.29) is 16.5 Å². The molecule has 0 bridgehead atoms. The summed E-state index contributed by atoms with van der Waals surface area (Å²) < 4.78 is 0. The second-order valence-corrected chi connectivity index (χ2v) is 8.01. The minimum absolute atomic E-state index is 0.0159. The standard InChI is InChI=1S/C19H22N6O4S/c1-10-16(30-19(20-10)22-21-11(2)26)18(29)25-17(28)13(9-24(3)4)15(23-25)12-7-5-6-8-14(12)27/h5-8,13,27H,9H2,1-4H3,(H,20,22)(H,21,26)/t13-/m0/s1. The van der Waals surface area contributed by atoms with Crippen molar-refractivity contribution in [2.45, 2.75) is 13.8 Å². The number of hydrogen-bond donors (Lipinski definition) is 3. The number of thiazole rings is 1. The van der Waals surface area contributed by atoms with Gasteiger partial charge in [-0.15, -0.1) is 0 Å². The molecule has 0 radical (unpaired) electrons. The number of imide groups is 1. The first-order valence-electron chi connectivity index (χ1n) is 9.09. The summed E-state index contributed by atoms with van der Waals surface area (Å²) in [5.41, 5.74) is 6.15. The average molecular weight is 430 g/mol. The van der Waals surface area contributed by atoms with Crippen LogP contribution in [0.2, 0.25) is 0 Å². The van der Waals surface area contributed by atoms with Crippen molar-refractivity contribution in [3.8, 4) is 5.75 Å². The Hall–Kier alpha value is -3.31. The zero-order valence-electron chi connectivity index (χ0n) is 17.0. The molecular weight excluding hydrogens is 408 g/mol. The molecule has 3 amide bonds. The monoisotopic (exact) mass is 430 g/mol. The maximum atomic E-state index is 13.1. The van der Waals surface area contributed by atoms with Gasteiger partial charge in [-0.1, -0.05) is 23.5 Å². The Morgan fingerprint density at radius 3 is 2.63 bits per heavy atom. The van der Waals surface area contributed by atoms with Crippen LogP contribution in [0.5, 0.6) is 5.75 Å². The molecule has 0 aliphatic carbocycles. The lowest BCUT2D eigenvalue weighted by molar-refractivity contribution is -0.129. The molecule has 1 aliphatic heterocycles. The van der Waals surface area contributed by atoms with E-state index >= 15 is 0 Å². The van der Waals surface area contributed by atoms with Crippen LogP contribution in [0.1, 0.15) is 27.9 Å². The van der Waals surface area contributed by atoms with Crippen molar-refractivity contribution < 1.29 is 19.5 Å². The van der Waals surface area contributed by atoms with Gasteiger partial charge in [-0.3, -0.25) is 25.2 Å². The lowest BCUT2D eigenvalue weighted by Crippen LogP contribution is -2.37. The summed E-state index contributed by atoms with van der Waals surface area (Å²) in [5, 5.41) is 15.7. The van der Waals surface area contributed by atoms with Gasteiger partial charge in [0.25, 0.3) is 11.8 Å². The molecule has 2 aromatic rings. The van der Waals surface area contributed by atoms with E-state index in [1.807, 2.05) is 19.0 Å². The molecule has 0 saturated carbocycles. The van der Waals surface area contributed by atoms with Crippen molar-refractivity contribution in [3.05, 3.63) is 40.4 Å². The molecular formula is C19H22N6O4S. The Morgan fingerprint density at radius 1 is 1.30 bits per heavy atom. The number of amides is 3. The van der Waals surface area contributed by atoms with Gasteiger partial charge in [0, 0.05) is 19.0 Å². The molecule has 0 fully saturated rings. The summed E-state index contributed by atoms with van der Waals surface area (Å²) in [6.45, 7) is 3.30. The van der Waals surface area contributed by atoms with Gasteiger partial charge in [-0.25, -0.2) is 4.98 Å². The molecule has 3 N–H and O–H groups in total. The fraction of sp³-hybridized carbons (Fsp3) is 0.316. The first kappa shape index (κ1) is 21.4. The van der Waals surface area contributed by atoms with Crippen LogP contribution in [-0.2, 0) is 9.59 Å². The van der Waals surface area contributed by atoms with Crippen LogP contribution in [0.25, 0.3) is 0 Å². The van der Waals surface area contributed by atoms with Crippen LogP contribution in [0, 0.1) is 12.8 Å². The van der Waals surface area contributed by atoms with Crippen LogP contribution in [0.15, 0.2) is 29.4 Å². The lowest BCUT2D eigenvalue weighted by atomic mass is 9.95. The fourth-order valence-electron chi connectivity index (χ4n) is 2.98. The number of phenols is 1. The number of hydrazone groups is 1. The summed E-state index contributed by atoms with van der Waals surface area (Å²) >= 11 is 1.00. The summed E-state index contributed by atoms with van der Waals surface area (Å²) in [5.74, 6) is -2.12. The predicted molar refractivity (Wildman–Crippen MR) is 112 cm³/mol. The number of aromatic hydroxyl groups is 1. The van der Waals surface area contributed by atoms with E-state index in [0.29, 0.717) is 28.6 Å². The number of rotatable bonds is 6. The number of nitrogens with one attached hydrogen (secondary N) is 2. The number of aryl methyl sites for hydroxylation is 1. The van der Waals surface area contributed by atoms with Crippen LogP contribution in [0.3, 0.4) is 0 Å². The number of benzene rings is 1. The Morgan fingerprint density at radius 2 is 2.00 bits per heavy atom. The van der Waals surface area contributed by atoms with E-state index < -0.39 is 17.7 Å².